The molecule has 19 heavy (non-hydrogen) atoms. The van der Waals surface area contributed by atoms with E-state index in [1.54, 1.807) is 12.1 Å². The largest absolute Gasteiger partial charge is 0.419 e. The van der Waals surface area contributed by atoms with Crippen molar-refractivity contribution in [2.45, 2.75) is 33.4 Å². The average molecular weight is 281 g/mol. The molecule has 2 aromatic heterocycles. The number of rotatable bonds is 5. The summed E-state index contributed by atoms with van der Waals surface area (Å²) >= 11 is 6.11. The third-order valence-corrected chi connectivity index (χ3v) is 2.81. The molecule has 2 heterocycles. The molecule has 0 saturated heterocycles. The molecule has 0 fully saturated rings. The minimum absolute atomic E-state index is 0.372. The van der Waals surface area contributed by atoms with E-state index < -0.39 is 0 Å². The maximum atomic E-state index is 6.11. The summed E-state index contributed by atoms with van der Waals surface area (Å²) in [4.78, 5) is 4.38. The van der Waals surface area contributed by atoms with Gasteiger partial charge in [0, 0.05) is 30.4 Å². The van der Waals surface area contributed by atoms with Crippen LogP contribution in [0.4, 0.5) is 0 Å². The van der Waals surface area contributed by atoms with Gasteiger partial charge in [0.1, 0.15) is 0 Å². The van der Waals surface area contributed by atoms with E-state index in [0.29, 0.717) is 29.4 Å². The Morgan fingerprint density at radius 3 is 2.79 bits per heavy atom. The predicted octanol–water partition coefficient (Wildman–Crippen LogP) is 3.06. The van der Waals surface area contributed by atoms with E-state index in [4.69, 9.17) is 16.3 Å². The fourth-order valence-electron chi connectivity index (χ4n) is 1.50. The summed E-state index contributed by atoms with van der Waals surface area (Å²) in [6, 6.07) is 5.69. The zero-order valence-corrected chi connectivity index (χ0v) is 12.0. The Bertz CT molecular complexity index is 553. The summed E-state index contributed by atoms with van der Waals surface area (Å²) in [5.74, 6) is 0.978. The number of H-pyrrole nitrogens is 1. The van der Waals surface area contributed by atoms with Gasteiger partial charge in [0.15, 0.2) is 0 Å². The Hall–Kier alpha value is -1.59. The smallest absolute Gasteiger partial charge is 0.240 e. The molecule has 0 unspecified atom stereocenters. The normalized spacial score (nSPS) is 11.0. The second-order valence-electron chi connectivity index (χ2n) is 4.60. The Balaban J connectivity index is 2.11. The number of pyridine rings is 1. The van der Waals surface area contributed by atoms with E-state index in [1.807, 2.05) is 13.0 Å². The number of ether oxygens (including phenoxy) is 1. The zero-order valence-electron chi connectivity index (χ0n) is 11.2. The van der Waals surface area contributed by atoms with Crippen LogP contribution in [0.25, 0.3) is 0 Å². The molecule has 0 aliphatic heterocycles. The second kappa shape index (κ2) is 6.04. The van der Waals surface area contributed by atoms with Gasteiger partial charge in [0.2, 0.25) is 11.8 Å². The molecule has 0 radical (unpaired) electrons. The lowest BCUT2D eigenvalue weighted by atomic mass is 10.3. The number of hydrogen-bond acceptors (Lipinski definition) is 4. The van der Waals surface area contributed by atoms with Crippen LogP contribution in [0.5, 0.6) is 11.8 Å². The van der Waals surface area contributed by atoms with E-state index in [1.165, 1.54) is 0 Å². The van der Waals surface area contributed by atoms with Gasteiger partial charge in [-0.15, -0.1) is 5.10 Å². The van der Waals surface area contributed by atoms with Crippen LogP contribution in [0.2, 0.25) is 5.02 Å². The highest BCUT2D eigenvalue weighted by molar-refractivity contribution is 6.31. The van der Waals surface area contributed by atoms with Gasteiger partial charge >= 0.3 is 0 Å². The Labute approximate surface area is 117 Å². The van der Waals surface area contributed by atoms with Crippen molar-refractivity contribution in [3.63, 3.8) is 0 Å². The molecule has 0 atom stereocenters. The summed E-state index contributed by atoms with van der Waals surface area (Å²) in [6.45, 7) is 6.65. The van der Waals surface area contributed by atoms with Gasteiger partial charge < -0.3 is 10.1 Å². The average Bonchev–Trinajstić information content (AvgIpc) is 2.75. The molecule has 2 aromatic rings. The molecular weight excluding hydrogens is 264 g/mol. The highest BCUT2D eigenvalue weighted by Crippen LogP contribution is 2.22. The monoisotopic (exact) mass is 280 g/mol. The number of aryl methyl sites for hydroxylation is 1. The molecular formula is C13H17ClN4O. The Kier molecular flexibility index (Phi) is 4.39. The van der Waals surface area contributed by atoms with E-state index in [9.17, 15) is 0 Å². The van der Waals surface area contributed by atoms with Crippen LogP contribution < -0.4 is 10.1 Å². The first kappa shape index (κ1) is 13.8. The van der Waals surface area contributed by atoms with Crippen LogP contribution in [0.15, 0.2) is 18.2 Å². The van der Waals surface area contributed by atoms with Crippen molar-refractivity contribution in [1.29, 1.82) is 0 Å². The maximum absolute atomic E-state index is 6.11. The van der Waals surface area contributed by atoms with Crippen molar-refractivity contribution in [1.82, 2.24) is 20.5 Å². The van der Waals surface area contributed by atoms with Crippen LogP contribution in [-0.2, 0) is 6.54 Å². The van der Waals surface area contributed by atoms with Crippen LogP contribution >= 0.6 is 11.6 Å². The Morgan fingerprint density at radius 1 is 1.37 bits per heavy atom. The van der Waals surface area contributed by atoms with Gasteiger partial charge in [-0.2, -0.15) is 0 Å². The van der Waals surface area contributed by atoms with E-state index in [0.717, 1.165) is 11.4 Å². The minimum atomic E-state index is 0.372. The SMILES string of the molecule is Cc1cc(Oc2ccc(Cl)c(CNC(C)C)n2)n[nH]1. The third kappa shape index (κ3) is 3.94. The van der Waals surface area contributed by atoms with Crippen molar-refractivity contribution >= 4 is 11.6 Å². The number of aromatic nitrogens is 3. The number of aromatic amines is 1. The van der Waals surface area contributed by atoms with Crippen molar-refractivity contribution in [3.8, 4) is 11.8 Å². The molecule has 0 aliphatic rings. The van der Waals surface area contributed by atoms with Gasteiger partial charge in [-0.1, -0.05) is 25.4 Å². The van der Waals surface area contributed by atoms with Gasteiger partial charge in [-0.05, 0) is 13.0 Å². The summed E-state index contributed by atoms with van der Waals surface area (Å²) < 4.78 is 5.56. The lowest BCUT2D eigenvalue weighted by Crippen LogP contribution is -2.22. The number of nitrogens with zero attached hydrogens (tertiary/aromatic N) is 2. The maximum Gasteiger partial charge on any atom is 0.240 e. The number of halogens is 1. The molecule has 0 bridgehead atoms. The molecule has 5 nitrogen and oxygen atoms in total. The first-order chi connectivity index (χ1) is 9.04. The fourth-order valence-corrected chi connectivity index (χ4v) is 1.67. The molecule has 0 saturated carbocycles. The molecule has 2 rings (SSSR count). The predicted molar refractivity (Wildman–Crippen MR) is 74.6 cm³/mol. The summed E-state index contributed by atoms with van der Waals surface area (Å²) in [5, 5.41) is 10.7. The molecule has 2 N–H and O–H groups in total. The molecule has 0 spiro atoms. The van der Waals surface area contributed by atoms with Crippen LogP contribution in [0.3, 0.4) is 0 Å². The standard InChI is InChI=1S/C13H17ClN4O/c1-8(2)15-7-11-10(14)4-5-12(16-11)19-13-6-9(3)17-18-13/h4-6,8,15H,7H2,1-3H3,(H,17,18). The Morgan fingerprint density at radius 2 is 2.16 bits per heavy atom. The van der Waals surface area contributed by atoms with Gasteiger partial charge in [0.25, 0.3) is 0 Å². The van der Waals surface area contributed by atoms with Crippen molar-refractivity contribution in [2.24, 2.45) is 0 Å². The summed E-state index contributed by atoms with van der Waals surface area (Å²) in [5.41, 5.74) is 1.70. The van der Waals surface area contributed by atoms with Crippen molar-refractivity contribution < 1.29 is 4.74 Å². The minimum Gasteiger partial charge on any atom is -0.419 e. The molecule has 102 valence electrons. The van der Waals surface area contributed by atoms with Crippen LogP contribution in [0.1, 0.15) is 25.2 Å². The summed E-state index contributed by atoms with van der Waals surface area (Å²) in [6.07, 6.45) is 0. The lowest BCUT2D eigenvalue weighted by molar-refractivity contribution is 0.440. The molecule has 0 aromatic carbocycles. The van der Waals surface area contributed by atoms with Crippen molar-refractivity contribution in [2.75, 3.05) is 0 Å². The fraction of sp³-hybridized carbons (Fsp3) is 0.385. The third-order valence-electron chi connectivity index (χ3n) is 2.46. The number of hydrogen-bond donors (Lipinski definition) is 2. The van der Waals surface area contributed by atoms with Crippen LogP contribution in [-0.4, -0.2) is 21.2 Å². The number of nitrogens with one attached hydrogen (secondary N) is 2. The van der Waals surface area contributed by atoms with E-state index in [-0.39, 0.29) is 0 Å². The second-order valence-corrected chi connectivity index (χ2v) is 5.01. The lowest BCUT2D eigenvalue weighted by Gasteiger charge is -2.10. The summed E-state index contributed by atoms with van der Waals surface area (Å²) in [7, 11) is 0. The van der Waals surface area contributed by atoms with E-state index >= 15 is 0 Å². The first-order valence-electron chi connectivity index (χ1n) is 6.13. The van der Waals surface area contributed by atoms with Gasteiger partial charge in [0.05, 0.1) is 10.7 Å². The first-order valence-corrected chi connectivity index (χ1v) is 6.51. The highest BCUT2D eigenvalue weighted by atomic mass is 35.5. The zero-order chi connectivity index (χ0) is 13.8. The van der Waals surface area contributed by atoms with Crippen molar-refractivity contribution in [3.05, 3.63) is 34.6 Å². The molecule has 6 heteroatoms. The topological polar surface area (TPSA) is 62.8 Å². The highest BCUT2D eigenvalue weighted by Gasteiger charge is 2.07. The molecule has 0 amide bonds. The van der Waals surface area contributed by atoms with Gasteiger partial charge in [-0.3, -0.25) is 5.10 Å². The quantitative estimate of drug-likeness (QED) is 0.884. The van der Waals surface area contributed by atoms with Gasteiger partial charge in [-0.25, -0.2) is 4.98 Å². The molecule has 0 aliphatic carbocycles. The van der Waals surface area contributed by atoms with E-state index in [2.05, 4.69) is 34.3 Å². The van der Waals surface area contributed by atoms with Crippen LogP contribution in [0, 0.1) is 6.92 Å².